The minimum atomic E-state index is -3.23. The van der Waals surface area contributed by atoms with Crippen molar-refractivity contribution in [1.82, 2.24) is 15.3 Å². The van der Waals surface area contributed by atoms with E-state index >= 15 is 0 Å². The molecule has 2 heterocycles. The van der Waals surface area contributed by atoms with Crippen molar-refractivity contribution in [2.75, 3.05) is 18.4 Å². The lowest BCUT2D eigenvalue weighted by Gasteiger charge is -2.17. The van der Waals surface area contributed by atoms with E-state index in [1.54, 1.807) is 18.2 Å². The minimum Gasteiger partial charge on any atom is -0.364 e. The average molecular weight is 485 g/mol. The number of hydrogen-bond donors (Lipinski definition) is 3. The molecule has 1 amide bonds. The van der Waals surface area contributed by atoms with Crippen molar-refractivity contribution in [3.8, 4) is 6.07 Å². The molecule has 3 rings (SSSR count). The summed E-state index contributed by atoms with van der Waals surface area (Å²) in [7, 11) is 0. The van der Waals surface area contributed by atoms with Crippen molar-refractivity contribution in [3.05, 3.63) is 87.8 Å². The molecule has 0 aliphatic rings. The zero-order valence-corrected chi connectivity index (χ0v) is 18.9. The smallest absolute Gasteiger partial charge is 0.306 e. The second-order valence-electron chi connectivity index (χ2n) is 7.48. The SMILES string of the molecule is N#Cc1ccc(NCC(F)(F)c2ccccn2)nc1CC(=O)NCc1cc(Cl)ccc1CCN. The molecule has 0 aliphatic carbocycles. The zero-order valence-electron chi connectivity index (χ0n) is 18.2. The van der Waals surface area contributed by atoms with Gasteiger partial charge >= 0.3 is 5.92 Å². The molecule has 0 aliphatic heterocycles. The summed E-state index contributed by atoms with van der Waals surface area (Å²) in [6.45, 7) is -0.0602. The molecule has 0 saturated heterocycles. The number of carbonyl (C=O) groups is 1. The lowest BCUT2D eigenvalue weighted by atomic mass is 10.0. The summed E-state index contributed by atoms with van der Waals surface area (Å²) in [6.07, 6.45) is 1.74. The van der Waals surface area contributed by atoms with E-state index in [1.807, 2.05) is 12.1 Å². The predicted octanol–water partition coefficient (Wildman–Crippen LogP) is 3.57. The van der Waals surface area contributed by atoms with Crippen molar-refractivity contribution in [2.45, 2.75) is 25.3 Å². The second kappa shape index (κ2) is 11.5. The average Bonchev–Trinajstić information content (AvgIpc) is 2.84. The topological polar surface area (TPSA) is 117 Å². The van der Waals surface area contributed by atoms with Crippen LogP contribution in [0.2, 0.25) is 5.02 Å². The summed E-state index contributed by atoms with van der Waals surface area (Å²) < 4.78 is 28.8. The van der Waals surface area contributed by atoms with Crippen molar-refractivity contribution < 1.29 is 13.6 Å². The van der Waals surface area contributed by atoms with Crippen LogP contribution in [-0.2, 0) is 30.1 Å². The molecule has 2 aromatic heterocycles. The highest BCUT2D eigenvalue weighted by Gasteiger charge is 2.32. The van der Waals surface area contributed by atoms with Gasteiger partial charge < -0.3 is 16.4 Å². The highest BCUT2D eigenvalue weighted by molar-refractivity contribution is 6.30. The number of hydrogen-bond acceptors (Lipinski definition) is 6. The maximum absolute atomic E-state index is 14.4. The van der Waals surface area contributed by atoms with E-state index in [9.17, 15) is 18.8 Å². The number of rotatable bonds is 10. The third-order valence-electron chi connectivity index (χ3n) is 5.01. The van der Waals surface area contributed by atoms with Gasteiger partial charge in [0, 0.05) is 17.8 Å². The van der Waals surface area contributed by atoms with Gasteiger partial charge in [0.1, 0.15) is 17.6 Å². The van der Waals surface area contributed by atoms with Crippen LogP contribution in [0.1, 0.15) is 28.1 Å². The van der Waals surface area contributed by atoms with Gasteiger partial charge in [-0.05, 0) is 60.5 Å². The van der Waals surface area contributed by atoms with Gasteiger partial charge in [-0.25, -0.2) is 4.98 Å². The zero-order chi connectivity index (χ0) is 24.6. The number of pyridine rings is 2. The summed E-state index contributed by atoms with van der Waals surface area (Å²) in [4.78, 5) is 20.5. The summed E-state index contributed by atoms with van der Waals surface area (Å²) in [6, 6.07) is 14.5. The van der Waals surface area contributed by atoms with Crippen LogP contribution in [0.25, 0.3) is 0 Å². The fraction of sp³-hybridized carbons (Fsp3) is 0.250. The summed E-state index contributed by atoms with van der Waals surface area (Å²) in [5.74, 6) is -3.48. The van der Waals surface area contributed by atoms with Crippen LogP contribution in [0.3, 0.4) is 0 Å². The predicted molar refractivity (Wildman–Crippen MR) is 125 cm³/mol. The fourth-order valence-corrected chi connectivity index (χ4v) is 3.47. The van der Waals surface area contributed by atoms with Gasteiger partial charge in [-0.3, -0.25) is 9.78 Å². The van der Waals surface area contributed by atoms with E-state index in [1.165, 1.54) is 30.5 Å². The van der Waals surface area contributed by atoms with Crippen LogP contribution >= 0.6 is 11.6 Å². The Morgan fingerprint density at radius 3 is 2.71 bits per heavy atom. The van der Waals surface area contributed by atoms with Crippen LogP contribution in [0.15, 0.2) is 54.7 Å². The molecule has 0 spiro atoms. The van der Waals surface area contributed by atoms with Crippen LogP contribution in [0.4, 0.5) is 14.6 Å². The molecule has 0 atom stereocenters. The van der Waals surface area contributed by atoms with Crippen LogP contribution in [-0.4, -0.2) is 29.0 Å². The van der Waals surface area contributed by atoms with E-state index < -0.39 is 12.5 Å². The molecule has 176 valence electrons. The Balaban J connectivity index is 1.66. The molecule has 0 radical (unpaired) electrons. The monoisotopic (exact) mass is 484 g/mol. The quantitative estimate of drug-likeness (QED) is 0.405. The molecule has 4 N–H and O–H groups in total. The Morgan fingerprint density at radius 1 is 1.18 bits per heavy atom. The number of nitrogens with one attached hydrogen (secondary N) is 2. The largest absolute Gasteiger partial charge is 0.364 e. The Morgan fingerprint density at radius 2 is 2.00 bits per heavy atom. The van der Waals surface area contributed by atoms with E-state index in [2.05, 4.69) is 20.6 Å². The van der Waals surface area contributed by atoms with E-state index in [-0.39, 0.29) is 41.6 Å². The molecule has 0 saturated carbocycles. The first-order valence-electron chi connectivity index (χ1n) is 10.5. The molecule has 0 fully saturated rings. The molecular weight excluding hydrogens is 462 g/mol. The van der Waals surface area contributed by atoms with Crippen molar-refractivity contribution >= 4 is 23.3 Å². The molecule has 7 nitrogen and oxygen atoms in total. The van der Waals surface area contributed by atoms with E-state index in [4.69, 9.17) is 17.3 Å². The first kappa shape index (κ1) is 25.0. The van der Waals surface area contributed by atoms with Crippen molar-refractivity contribution in [2.24, 2.45) is 5.73 Å². The minimum absolute atomic E-state index is 0.123. The Labute approximate surface area is 201 Å². The van der Waals surface area contributed by atoms with Gasteiger partial charge in [0.05, 0.1) is 24.2 Å². The van der Waals surface area contributed by atoms with Gasteiger partial charge in [-0.15, -0.1) is 0 Å². The summed E-state index contributed by atoms with van der Waals surface area (Å²) >= 11 is 6.07. The molecule has 10 heteroatoms. The number of nitrogens with zero attached hydrogens (tertiary/aromatic N) is 3. The van der Waals surface area contributed by atoms with Gasteiger partial charge in [-0.2, -0.15) is 14.0 Å². The lowest BCUT2D eigenvalue weighted by molar-refractivity contribution is -0.120. The Bertz CT molecular complexity index is 1180. The number of benzene rings is 1. The number of alkyl halides is 2. The highest BCUT2D eigenvalue weighted by Crippen LogP contribution is 2.26. The molecule has 3 aromatic rings. The van der Waals surface area contributed by atoms with Gasteiger partial charge in [0.15, 0.2) is 0 Å². The van der Waals surface area contributed by atoms with Gasteiger partial charge in [0.2, 0.25) is 5.91 Å². The van der Waals surface area contributed by atoms with Crippen LogP contribution < -0.4 is 16.4 Å². The van der Waals surface area contributed by atoms with Crippen molar-refractivity contribution in [1.29, 1.82) is 5.26 Å². The van der Waals surface area contributed by atoms with E-state index in [0.29, 0.717) is 18.0 Å². The fourth-order valence-electron chi connectivity index (χ4n) is 3.27. The number of nitriles is 1. The van der Waals surface area contributed by atoms with Gasteiger partial charge in [-0.1, -0.05) is 23.7 Å². The molecule has 0 bridgehead atoms. The second-order valence-corrected chi connectivity index (χ2v) is 7.92. The molecule has 1 aromatic carbocycles. The number of amides is 1. The maximum Gasteiger partial charge on any atom is 0.306 e. The van der Waals surface area contributed by atoms with Crippen LogP contribution in [0.5, 0.6) is 0 Å². The first-order valence-corrected chi connectivity index (χ1v) is 10.9. The third kappa shape index (κ3) is 6.70. The highest BCUT2D eigenvalue weighted by atomic mass is 35.5. The Kier molecular flexibility index (Phi) is 8.46. The molecular formula is C24H23ClF2N6O. The normalized spacial score (nSPS) is 11.0. The standard InChI is InChI=1S/C24H23ClF2N6O/c25-19-6-4-16(8-9-28)18(11-19)14-31-23(34)12-20-17(13-29)5-7-22(33-20)32-15-24(26,27)21-3-1-2-10-30-21/h1-7,10-11H,8-9,12,14-15,28H2,(H,31,34)(H,32,33). The number of aromatic nitrogens is 2. The van der Waals surface area contributed by atoms with E-state index in [0.717, 1.165) is 11.1 Å². The Hall–Kier alpha value is -3.61. The summed E-state index contributed by atoms with van der Waals surface area (Å²) in [5, 5.41) is 15.3. The molecule has 0 unspecified atom stereocenters. The number of halogens is 3. The number of carbonyl (C=O) groups excluding carboxylic acids is 1. The number of nitrogens with two attached hydrogens (primary N) is 1. The lowest BCUT2D eigenvalue weighted by Crippen LogP contribution is -2.27. The number of anilines is 1. The van der Waals surface area contributed by atoms with Crippen molar-refractivity contribution in [3.63, 3.8) is 0 Å². The molecule has 34 heavy (non-hydrogen) atoms. The summed E-state index contributed by atoms with van der Waals surface area (Å²) in [5.41, 5.74) is 7.45. The third-order valence-corrected chi connectivity index (χ3v) is 5.25. The maximum atomic E-state index is 14.4. The first-order chi connectivity index (χ1) is 16.3. The van der Waals surface area contributed by atoms with Crippen LogP contribution in [0, 0.1) is 11.3 Å². The van der Waals surface area contributed by atoms with Gasteiger partial charge in [0.25, 0.3) is 0 Å².